The molecule has 2 rings (SSSR count). The molecule has 0 saturated heterocycles. The third-order valence-corrected chi connectivity index (χ3v) is 3.05. The second-order valence-electron chi connectivity index (χ2n) is 5.01. The van der Waals surface area contributed by atoms with E-state index in [0.717, 1.165) is 29.8 Å². The molecule has 0 saturated carbocycles. The number of anilines is 2. The van der Waals surface area contributed by atoms with Crippen molar-refractivity contribution in [3.05, 3.63) is 48.5 Å². The topological polar surface area (TPSA) is 79.8 Å². The molecule has 0 fully saturated rings. The van der Waals surface area contributed by atoms with Gasteiger partial charge in [-0.3, -0.25) is 4.79 Å². The molecule has 28 heavy (non-hydrogen) atoms. The van der Waals surface area contributed by atoms with E-state index in [-0.39, 0.29) is 34.7 Å². The molecule has 0 aliphatic rings. The maximum atomic E-state index is 9.00. The Hall–Kier alpha value is -1.74. The van der Waals surface area contributed by atoms with Gasteiger partial charge in [-0.05, 0) is 74.6 Å². The lowest BCUT2D eigenvalue weighted by Crippen LogP contribution is -2.18. The molecule has 0 aliphatic heterocycles. The number of hydrogen-bond acceptors (Lipinski definition) is 4. The molecule has 0 bridgehead atoms. The van der Waals surface area contributed by atoms with E-state index >= 15 is 0 Å². The molecular formula is C19H30Al2N2O4S. The first-order valence-corrected chi connectivity index (χ1v) is 8.58. The number of carbonyl (C=O) groups is 1. The summed E-state index contributed by atoms with van der Waals surface area (Å²) in [5.74, 6) is 0.858. The zero-order valence-electron chi connectivity index (χ0n) is 15.1. The molecule has 2 aromatic rings. The molecule has 0 aromatic heterocycles. The van der Waals surface area contributed by atoms with Crippen molar-refractivity contribution in [2.75, 3.05) is 23.8 Å². The van der Waals surface area contributed by atoms with Gasteiger partial charge in [0.2, 0.25) is 0 Å². The minimum atomic E-state index is -0.833. The summed E-state index contributed by atoms with van der Waals surface area (Å²) >= 11 is 5.30. The number of ether oxygens (including phenoxy) is 2. The monoisotopic (exact) mass is 436 g/mol. The second kappa shape index (κ2) is 16.2. The molecular weight excluding hydrogens is 406 g/mol. The molecule has 0 spiro atoms. The van der Waals surface area contributed by atoms with Gasteiger partial charge in [0.25, 0.3) is 5.97 Å². The van der Waals surface area contributed by atoms with Crippen LogP contribution in [0, 0.1) is 0 Å². The number of hydrogen-bond donors (Lipinski definition) is 3. The Morgan fingerprint density at radius 3 is 1.39 bits per heavy atom. The molecule has 0 aliphatic carbocycles. The number of carboxylic acids is 1. The van der Waals surface area contributed by atoms with Gasteiger partial charge in [-0.15, -0.1) is 0 Å². The normalized spacial score (nSPS) is 8.68. The van der Waals surface area contributed by atoms with Crippen molar-refractivity contribution >= 4 is 69.4 Å². The van der Waals surface area contributed by atoms with E-state index in [1.807, 2.05) is 62.4 Å². The number of rotatable bonds is 6. The van der Waals surface area contributed by atoms with Gasteiger partial charge in [-0.2, -0.15) is 0 Å². The SMILES string of the molecule is CC(=O)O.CCOc1ccc(NC(=S)Nc2ccc(OCC)cc2)cc1.[AlH3].[AlH3]. The average molecular weight is 436 g/mol. The first kappa shape index (κ1) is 28.5. The number of nitrogens with one attached hydrogen (secondary N) is 2. The summed E-state index contributed by atoms with van der Waals surface area (Å²) in [5.41, 5.74) is 1.82. The summed E-state index contributed by atoms with van der Waals surface area (Å²) in [6, 6.07) is 15.3. The van der Waals surface area contributed by atoms with Crippen LogP contribution in [0.2, 0.25) is 0 Å². The van der Waals surface area contributed by atoms with Gasteiger partial charge in [0, 0.05) is 18.3 Å². The fraction of sp³-hybridized carbons (Fsp3) is 0.263. The summed E-state index contributed by atoms with van der Waals surface area (Å²) in [7, 11) is 0. The van der Waals surface area contributed by atoms with Gasteiger partial charge in [0.15, 0.2) is 39.8 Å². The first-order valence-electron chi connectivity index (χ1n) is 8.17. The Morgan fingerprint density at radius 2 is 1.14 bits per heavy atom. The molecule has 3 N–H and O–H groups in total. The lowest BCUT2D eigenvalue weighted by Gasteiger charge is -2.12. The van der Waals surface area contributed by atoms with E-state index in [1.54, 1.807) is 0 Å². The number of benzene rings is 2. The molecule has 0 radical (unpaired) electrons. The Kier molecular flexibility index (Phi) is 16.5. The van der Waals surface area contributed by atoms with Crippen molar-refractivity contribution in [3.8, 4) is 11.5 Å². The number of aliphatic carboxylic acids is 1. The van der Waals surface area contributed by atoms with Crippen LogP contribution in [-0.4, -0.2) is 64.1 Å². The third kappa shape index (κ3) is 12.6. The molecule has 9 heteroatoms. The van der Waals surface area contributed by atoms with Gasteiger partial charge in [0.1, 0.15) is 11.5 Å². The van der Waals surface area contributed by atoms with Crippen molar-refractivity contribution < 1.29 is 19.4 Å². The first-order chi connectivity index (χ1) is 12.4. The summed E-state index contributed by atoms with van der Waals surface area (Å²) in [6.07, 6.45) is 0. The second-order valence-corrected chi connectivity index (χ2v) is 5.42. The Balaban J connectivity index is 0. The summed E-state index contributed by atoms with van der Waals surface area (Å²) in [6.45, 7) is 6.32. The van der Waals surface area contributed by atoms with Crippen LogP contribution >= 0.6 is 12.2 Å². The molecule has 152 valence electrons. The van der Waals surface area contributed by atoms with Crippen molar-refractivity contribution in [1.29, 1.82) is 0 Å². The number of carboxylic acid groups (broad SMARTS) is 1. The van der Waals surface area contributed by atoms with Crippen LogP contribution in [0.15, 0.2) is 48.5 Å². The van der Waals surface area contributed by atoms with Crippen LogP contribution in [0.5, 0.6) is 11.5 Å². The largest absolute Gasteiger partial charge is 0.494 e. The van der Waals surface area contributed by atoms with Crippen LogP contribution in [-0.2, 0) is 4.79 Å². The van der Waals surface area contributed by atoms with Crippen LogP contribution < -0.4 is 20.1 Å². The molecule has 0 atom stereocenters. The van der Waals surface area contributed by atoms with Crippen LogP contribution in [0.3, 0.4) is 0 Å². The molecule has 0 amide bonds. The van der Waals surface area contributed by atoms with Crippen molar-refractivity contribution in [1.82, 2.24) is 0 Å². The fourth-order valence-corrected chi connectivity index (χ4v) is 2.13. The smallest absolute Gasteiger partial charge is 0.300 e. The van der Waals surface area contributed by atoms with Crippen molar-refractivity contribution in [2.24, 2.45) is 0 Å². The van der Waals surface area contributed by atoms with Crippen LogP contribution in [0.25, 0.3) is 0 Å². The minimum Gasteiger partial charge on any atom is -0.494 e. The Morgan fingerprint density at radius 1 is 0.857 bits per heavy atom. The predicted octanol–water partition coefficient (Wildman–Crippen LogP) is 2.02. The highest BCUT2D eigenvalue weighted by molar-refractivity contribution is 7.80. The Labute approximate surface area is 192 Å². The van der Waals surface area contributed by atoms with E-state index in [2.05, 4.69) is 10.6 Å². The van der Waals surface area contributed by atoms with Gasteiger partial charge in [-0.25, -0.2) is 0 Å². The summed E-state index contributed by atoms with van der Waals surface area (Å²) < 4.78 is 10.8. The third-order valence-electron chi connectivity index (χ3n) is 2.85. The lowest BCUT2D eigenvalue weighted by atomic mass is 10.3. The zero-order chi connectivity index (χ0) is 19.4. The lowest BCUT2D eigenvalue weighted by molar-refractivity contribution is -0.134. The maximum Gasteiger partial charge on any atom is 0.300 e. The van der Waals surface area contributed by atoms with E-state index in [0.29, 0.717) is 18.3 Å². The van der Waals surface area contributed by atoms with E-state index < -0.39 is 5.97 Å². The standard InChI is InChI=1S/C17H20N2O2S.C2H4O2.2Al.6H/c1-3-20-15-9-5-13(6-10-15)18-17(22)19-14-7-11-16(12-8-14)21-4-2;1-2(3)4;;;;;;;;/h5-12H,3-4H2,1-2H3,(H2,18,19,22);1H3,(H,3,4);;;;;;;;. The van der Waals surface area contributed by atoms with Gasteiger partial charge in [0.05, 0.1) is 13.2 Å². The van der Waals surface area contributed by atoms with Crippen molar-refractivity contribution in [2.45, 2.75) is 20.8 Å². The summed E-state index contributed by atoms with van der Waals surface area (Å²) in [5, 5.41) is 14.2. The van der Waals surface area contributed by atoms with Crippen molar-refractivity contribution in [3.63, 3.8) is 0 Å². The zero-order valence-corrected chi connectivity index (χ0v) is 15.9. The van der Waals surface area contributed by atoms with Crippen LogP contribution in [0.4, 0.5) is 11.4 Å². The van der Waals surface area contributed by atoms with Gasteiger partial charge < -0.3 is 25.2 Å². The molecule has 2 aromatic carbocycles. The molecule has 6 nitrogen and oxygen atoms in total. The van der Waals surface area contributed by atoms with Gasteiger partial charge >= 0.3 is 0 Å². The molecule has 0 unspecified atom stereocenters. The quantitative estimate of drug-likeness (QED) is 0.472. The average Bonchev–Trinajstić information content (AvgIpc) is 2.58. The van der Waals surface area contributed by atoms with Crippen LogP contribution in [0.1, 0.15) is 20.8 Å². The highest BCUT2D eigenvalue weighted by atomic mass is 32.1. The van der Waals surface area contributed by atoms with E-state index in [4.69, 9.17) is 31.6 Å². The Bertz CT molecular complexity index is 641. The highest BCUT2D eigenvalue weighted by Crippen LogP contribution is 2.18. The maximum absolute atomic E-state index is 9.00. The molecule has 0 heterocycles. The highest BCUT2D eigenvalue weighted by Gasteiger charge is 2.00. The van der Waals surface area contributed by atoms with Gasteiger partial charge in [-0.1, -0.05) is 0 Å². The summed E-state index contributed by atoms with van der Waals surface area (Å²) in [4.78, 5) is 9.00. The van der Waals surface area contributed by atoms with E-state index in [1.165, 1.54) is 0 Å². The predicted molar refractivity (Wildman–Crippen MR) is 128 cm³/mol. The fourth-order valence-electron chi connectivity index (χ4n) is 1.90. The minimum absolute atomic E-state index is 0. The number of thiocarbonyl (C=S) groups is 1. The van der Waals surface area contributed by atoms with E-state index in [9.17, 15) is 0 Å².